The molecular weight excluding hydrogens is 245 g/mol. The molecule has 0 saturated carbocycles. The van der Waals surface area contributed by atoms with Crippen LogP contribution in [0.3, 0.4) is 0 Å². The quantitative estimate of drug-likeness (QED) is 0.783. The topological polar surface area (TPSA) is 60.2 Å². The van der Waals surface area contributed by atoms with E-state index in [0.29, 0.717) is 6.54 Å². The normalized spacial score (nSPS) is 10.3. The van der Waals surface area contributed by atoms with Crippen LogP contribution in [0, 0.1) is 6.92 Å². The Morgan fingerprint density at radius 3 is 1.86 bits per heavy atom. The summed E-state index contributed by atoms with van der Waals surface area (Å²) in [6.45, 7) is 2.71. The molecular formula is C8H11Cl2NO2S. The molecule has 0 spiro atoms. The van der Waals surface area contributed by atoms with Gasteiger partial charge in [-0.15, -0.1) is 0 Å². The number of rotatable bonds is 1. The molecule has 0 fully saturated rings. The summed E-state index contributed by atoms with van der Waals surface area (Å²) in [7, 11) is 4.81. The molecule has 0 radical (unpaired) electrons. The van der Waals surface area contributed by atoms with Gasteiger partial charge in [-0.25, -0.2) is 0 Å². The molecule has 1 rings (SSSR count). The van der Waals surface area contributed by atoms with E-state index in [2.05, 4.69) is 52.6 Å². The van der Waals surface area contributed by atoms with Gasteiger partial charge in [0.15, 0.2) is 0 Å². The lowest BCUT2D eigenvalue weighted by Gasteiger charge is -1.94. The third-order valence-electron chi connectivity index (χ3n) is 1.36. The molecule has 3 nitrogen and oxygen atoms in total. The Labute approximate surface area is 92.7 Å². The largest absolute Gasteiger partial charge is 0.326 e. The number of hydrogen-bond acceptors (Lipinski definition) is 3. The SMILES string of the molecule is Cc1ccc(CN)cc1.O=S(=O)(Cl)Cl. The molecule has 0 atom stereocenters. The minimum Gasteiger partial charge on any atom is -0.326 e. The van der Waals surface area contributed by atoms with Crippen LogP contribution < -0.4 is 5.73 Å². The van der Waals surface area contributed by atoms with E-state index in [4.69, 9.17) is 14.2 Å². The highest BCUT2D eigenvalue weighted by Gasteiger charge is 1.88. The molecule has 0 aliphatic heterocycles. The molecule has 0 saturated heterocycles. The second-order valence-electron chi connectivity index (χ2n) is 2.57. The summed E-state index contributed by atoms with van der Waals surface area (Å²) in [5.74, 6) is 0. The van der Waals surface area contributed by atoms with Gasteiger partial charge >= 0.3 is 8.26 Å². The summed E-state index contributed by atoms with van der Waals surface area (Å²) in [4.78, 5) is 0. The monoisotopic (exact) mass is 255 g/mol. The highest BCUT2D eigenvalue weighted by atomic mass is 36.0. The minimum absolute atomic E-state index is 0.639. The summed E-state index contributed by atoms with van der Waals surface area (Å²) in [5, 5.41) is 0. The van der Waals surface area contributed by atoms with Crippen molar-refractivity contribution < 1.29 is 8.42 Å². The van der Waals surface area contributed by atoms with Crippen LogP contribution in [-0.4, -0.2) is 8.42 Å². The van der Waals surface area contributed by atoms with Gasteiger partial charge in [0.2, 0.25) is 0 Å². The van der Waals surface area contributed by atoms with E-state index in [-0.39, 0.29) is 0 Å². The Morgan fingerprint density at radius 1 is 1.21 bits per heavy atom. The van der Waals surface area contributed by atoms with Crippen LogP contribution in [-0.2, 0) is 14.8 Å². The van der Waals surface area contributed by atoms with Crippen LogP contribution in [0.25, 0.3) is 0 Å². The lowest BCUT2D eigenvalue weighted by molar-refractivity contribution is 0.621. The van der Waals surface area contributed by atoms with Crippen molar-refractivity contribution in [1.29, 1.82) is 0 Å². The van der Waals surface area contributed by atoms with Gasteiger partial charge in [0.25, 0.3) is 0 Å². The summed E-state index contributed by atoms with van der Waals surface area (Å²) in [5.41, 5.74) is 7.88. The third kappa shape index (κ3) is 9.80. The van der Waals surface area contributed by atoms with Crippen LogP contribution in [0.2, 0.25) is 0 Å². The number of aryl methyl sites for hydroxylation is 1. The van der Waals surface area contributed by atoms with E-state index in [1.807, 2.05) is 0 Å². The van der Waals surface area contributed by atoms with Crippen LogP contribution in [0.5, 0.6) is 0 Å². The van der Waals surface area contributed by atoms with Crippen LogP contribution in [0.1, 0.15) is 11.1 Å². The maximum absolute atomic E-state index is 9.16. The van der Waals surface area contributed by atoms with E-state index in [9.17, 15) is 0 Å². The fourth-order valence-electron chi connectivity index (χ4n) is 0.724. The van der Waals surface area contributed by atoms with Gasteiger partial charge in [-0.05, 0) is 12.5 Å². The molecule has 0 unspecified atom stereocenters. The maximum Gasteiger partial charge on any atom is 0.317 e. The van der Waals surface area contributed by atoms with Crippen molar-refractivity contribution in [1.82, 2.24) is 0 Å². The van der Waals surface area contributed by atoms with E-state index in [1.54, 1.807) is 0 Å². The zero-order chi connectivity index (χ0) is 11.2. The molecule has 1 aromatic rings. The molecule has 0 aliphatic rings. The fourth-order valence-corrected chi connectivity index (χ4v) is 0.724. The Bertz CT molecular complexity index is 353. The van der Waals surface area contributed by atoms with E-state index in [0.717, 1.165) is 0 Å². The van der Waals surface area contributed by atoms with Gasteiger partial charge in [-0.2, -0.15) is 8.42 Å². The first-order valence-electron chi connectivity index (χ1n) is 3.73. The summed E-state index contributed by atoms with van der Waals surface area (Å²) in [6, 6.07) is 8.25. The maximum atomic E-state index is 9.16. The minimum atomic E-state index is -3.72. The number of nitrogens with two attached hydrogens (primary N) is 1. The Kier molecular flexibility index (Phi) is 6.11. The first kappa shape index (κ1) is 13.7. The van der Waals surface area contributed by atoms with Crippen molar-refractivity contribution in [3.63, 3.8) is 0 Å². The third-order valence-corrected chi connectivity index (χ3v) is 1.36. The highest BCUT2D eigenvalue weighted by molar-refractivity contribution is 8.31. The fraction of sp³-hybridized carbons (Fsp3) is 0.250. The number of hydrogen-bond donors (Lipinski definition) is 1. The van der Waals surface area contributed by atoms with Crippen molar-refractivity contribution in [2.45, 2.75) is 13.5 Å². The van der Waals surface area contributed by atoms with Gasteiger partial charge in [-0.1, -0.05) is 29.8 Å². The lowest BCUT2D eigenvalue weighted by Crippen LogP contribution is -1.94. The predicted octanol–water partition coefficient (Wildman–Crippen LogP) is 2.16. The van der Waals surface area contributed by atoms with Gasteiger partial charge in [0, 0.05) is 27.9 Å². The Hall–Kier alpha value is -0.290. The average molecular weight is 256 g/mol. The molecule has 14 heavy (non-hydrogen) atoms. The van der Waals surface area contributed by atoms with Crippen LogP contribution in [0.4, 0.5) is 0 Å². The molecule has 80 valence electrons. The highest BCUT2D eigenvalue weighted by Crippen LogP contribution is 2.00. The Balaban J connectivity index is 0.000000292. The van der Waals surface area contributed by atoms with Crippen LogP contribution >= 0.6 is 21.4 Å². The average Bonchev–Trinajstić information content (AvgIpc) is 2.03. The molecule has 0 bridgehead atoms. The molecule has 2 N–H and O–H groups in total. The second-order valence-corrected chi connectivity index (χ2v) is 6.24. The smallest absolute Gasteiger partial charge is 0.317 e. The van der Waals surface area contributed by atoms with Gasteiger partial charge in [-0.3, -0.25) is 0 Å². The zero-order valence-electron chi connectivity index (χ0n) is 7.57. The van der Waals surface area contributed by atoms with Crippen molar-refractivity contribution in [2.75, 3.05) is 0 Å². The summed E-state index contributed by atoms with van der Waals surface area (Å²) in [6.07, 6.45) is 0. The lowest BCUT2D eigenvalue weighted by atomic mass is 10.2. The van der Waals surface area contributed by atoms with Crippen molar-refractivity contribution >= 4 is 29.6 Å². The van der Waals surface area contributed by atoms with E-state index in [1.165, 1.54) is 11.1 Å². The van der Waals surface area contributed by atoms with Crippen LogP contribution in [0.15, 0.2) is 24.3 Å². The van der Waals surface area contributed by atoms with Crippen molar-refractivity contribution in [2.24, 2.45) is 5.73 Å². The predicted molar refractivity (Wildman–Crippen MR) is 59.7 cm³/mol. The number of benzene rings is 1. The summed E-state index contributed by atoms with van der Waals surface area (Å²) < 4.78 is 18.3. The molecule has 0 aromatic heterocycles. The standard InChI is InChI=1S/C8H11N.Cl2O2S/c1-7-2-4-8(6-9)5-3-7;1-5(2,3)4/h2-5H,6,9H2,1H3;. The van der Waals surface area contributed by atoms with Gasteiger partial charge in [0.1, 0.15) is 0 Å². The molecule has 0 amide bonds. The first-order valence-corrected chi connectivity index (χ1v) is 6.86. The Morgan fingerprint density at radius 2 is 1.57 bits per heavy atom. The zero-order valence-corrected chi connectivity index (χ0v) is 9.90. The van der Waals surface area contributed by atoms with Crippen molar-refractivity contribution in [3.8, 4) is 0 Å². The molecule has 0 heterocycles. The summed E-state index contributed by atoms with van der Waals surface area (Å²) >= 11 is 0. The first-order chi connectivity index (χ1) is 6.33. The van der Waals surface area contributed by atoms with E-state index >= 15 is 0 Å². The molecule has 0 aliphatic carbocycles. The molecule has 1 aromatic carbocycles. The second kappa shape index (κ2) is 6.24. The van der Waals surface area contributed by atoms with Gasteiger partial charge in [0.05, 0.1) is 0 Å². The van der Waals surface area contributed by atoms with Gasteiger partial charge < -0.3 is 5.73 Å². The van der Waals surface area contributed by atoms with E-state index < -0.39 is 8.26 Å². The number of halogens is 2. The molecule has 6 heteroatoms. The van der Waals surface area contributed by atoms with Crippen molar-refractivity contribution in [3.05, 3.63) is 35.4 Å².